The van der Waals surface area contributed by atoms with E-state index in [0.29, 0.717) is 0 Å². The molecule has 0 saturated carbocycles. The molecular formula is C18H24N2O. The lowest BCUT2D eigenvalue weighted by Gasteiger charge is -2.13. The third-order valence-electron chi connectivity index (χ3n) is 3.47. The van der Waals surface area contributed by atoms with Gasteiger partial charge in [0.2, 0.25) is 0 Å². The van der Waals surface area contributed by atoms with Crippen LogP contribution in [0.3, 0.4) is 0 Å². The largest absolute Gasteiger partial charge is 0.456 e. The van der Waals surface area contributed by atoms with Gasteiger partial charge in [0, 0.05) is 6.04 Å². The fourth-order valence-corrected chi connectivity index (χ4v) is 2.10. The Kier molecular flexibility index (Phi) is 5.76. The summed E-state index contributed by atoms with van der Waals surface area (Å²) in [5.41, 5.74) is 2.35. The number of aromatic nitrogens is 1. The minimum Gasteiger partial charge on any atom is -0.456 e. The van der Waals surface area contributed by atoms with Gasteiger partial charge in [-0.05, 0) is 56.1 Å². The van der Waals surface area contributed by atoms with Gasteiger partial charge in [-0.1, -0.05) is 26.0 Å². The lowest BCUT2D eigenvalue weighted by molar-refractivity contribution is 0.477. The summed E-state index contributed by atoms with van der Waals surface area (Å²) in [6.07, 6.45) is 3.95. The second-order valence-corrected chi connectivity index (χ2v) is 5.19. The molecule has 1 N–H and O–H groups in total. The zero-order valence-electron chi connectivity index (χ0n) is 13.1. The quantitative estimate of drug-likeness (QED) is 0.813. The average molecular weight is 284 g/mol. The second kappa shape index (κ2) is 7.79. The maximum Gasteiger partial charge on any atom is 0.145 e. The Morgan fingerprint density at radius 1 is 1.05 bits per heavy atom. The Balaban J connectivity index is 1.98. The summed E-state index contributed by atoms with van der Waals surface area (Å²) in [6, 6.07) is 12.4. The van der Waals surface area contributed by atoms with E-state index in [0.717, 1.165) is 36.6 Å². The molecule has 0 aliphatic carbocycles. The van der Waals surface area contributed by atoms with Crippen molar-refractivity contribution in [2.75, 3.05) is 6.54 Å². The molecule has 1 aromatic heterocycles. The Labute approximate surface area is 127 Å². The minimum atomic E-state index is 0.267. The fourth-order valence-electron chi connectivity index (χ4n) is 2.10. The summed E-state index contributed by atoms with van der Waals surface area (Å²) in [4.78, 5) is 4.47. The lowest BCUT2D eigenvalue weighted by atomic mass is 10.2. The molecule has 0 aliphatic rings. The van der Waals surface area contributed by atoms with Crippen molar-refractivity contribution in [2.24, 2.45) is 0 Å². The first-order valence-electron chi connectivity index (χ1n) is 7.69. The average Bonchev–Trinajstić information content (AvgIpc) is 2.54. The van der Waals surface area contributed by atoms with Crippen LogP contribution < -0.4 is 10.1 Å². The highest BCUT2D eigenvalue weighted by Gasteiger charge is 2.06. The molecule has 0 aliphatic heterocycles. The van der Waals surface area contributed by atoms with Gasteiger partial charge in [0.15, 0.2) is 0 Å². The molecule has 3 heteroatoms. The van der Waals surface area contributed by atoms with Gasteiger partial charge in [0.05, 0.1) is 11.9 Å². The molecular weight excluding hydrogens is 260 g/mol. The summed E-state index contributed by atoms with van der Waals surface area (Å²) in [5, 5.41) is 3.43. The van der Waals surface area contributed by atoms with Gasteiger partial charge in [-0.3, -0.25) is 4.98 Å². The number of ether oxygens (including phenoxy) is 1. The van der Waals surface area contributed by atoms with Gasteiger partial charge >= 0.3 is 0 Å². The minimum absolute atomic E-state index is 0.267. The maximum absolute atomic E-state index is 5.81. The molecule has 0 spiro atoms. The number of pyridine rings is 1. The van der Waals surface area contributed by atoms with Crippen LogP contribution in [0.1, 0.15) is 44.5 Å². The first kappa shape index (κ1) is 15.5. The monoisotopic (exact) mass is 284 g/mol. The van der Waals surface area contributed by atoms with E-state index in [4.69, 9.17) is 4.74 Å². The fraction of sp³-hybridized carbons (Fsp3) is 0.389. The smallest absolute Gasteiger partial charge is 0.145 e. The molecule has 0 radical (unpaired) electrons. The highest BCUT2D eigenvalue weighted by Crippen LogP contribution is 2.22. The van der Waals surface area contributed by atoms with Crippen LogP contribution in [0.5, 0.6) is 11.5 Å². The van der Waals surface area contributed by atoms with Gasteiger partial charge < -0.3 is 10.1 Å². The van der Waals surface area contributed by atoms with Crippen molar-refractivity contribution in [3.63, 3.8) is 0 Å². The van der Waals surface area contributed by atoms with Gasteiger partial charge in [0.1, 0.15) is 11.5 Å². The van der Waals surface area contributed by atoms with Crippen molar-refractivity contribution >= 4 is 0 Å². The molecule has 0 bridgehead atoms. The number of rotatable bonds is 7. The number of hydrogen-bond donors (Lipinski definition) is 1. The van der Waals surface area contributed by atoms with Crippen molar-refractivity contribution in [3.05, 3.63) is 53.9 Å². The molecule has 0 fully saturated rings. The molecule has 0 saturated heterocycles. The lowest BCUT2D eigenvalue weighted by Crippen LogP contribution is -2.20. The van der Waals surface area contributed by atoms with Crippen LogP contribution in [-0.4, -0.2) is 11.5 Å². The highest BCUT2D eigenvalue weighted by molar-refractivity contribution is 5.32. The molecule has 1 unspecified atom stereocenters. The van der Waals surface area contributed by atoms with E-state index in [1.165, 1.54) is 5.56 Å². The molecule has 2 rings (SSSR count). The third kappa shape index (κ3) is 4.57. The van der Waals surface area contributed by atoms with Gasteiger partial charge in [-0.25, -0.2) is 0 Å². The standard InChI is InChI=1S/C18H24N2O/c1-4-12-19-14(3)18-11-10-17(13-20-18)21-16-8-6-15(5-2)7-9-16/h6-11,13-14,19H,4-5,12H2,1-3H3. The van der Waals surface area contributed by atoms with E-state index >= 15 is 0 Å². The van der Waals surface area contributed by atoms with Crippen LogP contribution in [0, 0.1) is 0 Å². The first-order chi connectivity index (χ1) is 10.2. The molecule has 3 nitrogen and oxygen atoms in total. The van der Waals surface area contributed by atoms with Crippen LogP contribution in [0.15, 0.2) is 42.6 Å². The summed E-state index contributed by atoms with van der Waals surface area (Å²) in [5.74, 6) is 1.62. The molecule has 1 heterocycles. The van der Waals surface area contributed by atoms with Crippen molar-refractivity contribution in [1.29, 1.82) is 0 Å². The van der Waals surface area contributed by atoms with Crippen LogP contribution in [0.2, 0.25) is 0 Å². The van der Waals surface area contributed by atoms with Crippen molar-refractivity contribution in [3.8, 4) is 11.5 Å². The number of benzene rings is 1. The summed E-state index contributed by atoms with van der Waals surface area (Å²) in [7, 11) is 0. The van der Waals surface area contributed by atoms with Crippen LogP contribution in [-0.2, 0) is 6.42 Å². The van der Waals surface area contributed by atoms with E-state index in [1.54, 1.807) is 6.20 Å². The van der Waals surface area contributed by atoms with E-state index < -0.39 is 0 Å². The van der Waals surface area contributed by atoms with Crippen molar-refractivity contribution < 1.29 is 4.74 Å². The Hall–Kier alpha value is -1.87. The molecule has 112 valence electrons. The van der Waals surface area contributed by atoms with E-state index in [1.807, 2.05) is 24.3 Å². The van der Waals surface area contributed by atoms with Gasteiger partial charge in [-0.15, -0.1) is 0 Å². The Morgan fingerprint density at radius 2 is 1.76 bits per heavy atom. The zero-order chi connectivity index (χ0) is 15.1. The molecule has 2 aromatic rings. The SMILES string of the molecule is CCCNC(C)c1ccc(Oc2ccc(CC)cc2)cn1. The van der Waals surface area contributed by atoms with Gasteiger partial charge in [-0.2, -0.15) is 0 Å². The van der Waals surface area contributed by atoms with Gasteiger partial charge in [0.25, 0.3) is 0 Å². The van der Waals surface area contributed by atoms with Crippen LogP contribution in [0.25, 0.3) is 0 Å². The third-order valence-corrected chi connectivity index (χ3v) is 3.47. The van der Waals surface area contributed by atoms with Crippen LogP contribution >= 0.6 is 0 Å². The van der Waals surface area contributed by atoms with E-state index in [2.05, 4.69) is 43.2 Å². The predicted octanol–water partition coefficient (Wildman–Crippen LogP) is 4.50. The summed E-state index contributed by atoms with van der Waals surface area (Å²) < 4.78 is 5.81. The number of nitrogens with one attached hydrogen (secondary N) is 1. The highest BCUT2D eigenvalue weighted by atomic mass is 16.5. The van der Waals surface area contributed by atoms with E-state index in [-0.39, 0.29) is 6.04 Å². The molecule has 21 heavy (non-hydrogen) atoms. The molecule has 1 aromatic carbocycles. The first-order valence-corrected chi connectivity index (χ1v) is 7.69. The molecule has 0 amide bonds. The normalized spacial score (nSPS) is 12.1. The molecule has 1 atom stereocenters. The summed E-state index contributed by atoms with van der Waals surface area (Å²) in [6.45, 7) is 7.44. The van der Waals surface area contributed by atoms with Crippen molar-refractivity contribution in [1.82, 2.24) is 10.3 Å². The number of aryl methyl sites for hydroxylation is 1. The number of hydrogen-bond acceptors (Lipinski definition) is 3. The second-order valence-electron chi connectivity index (χ2n) is 5.19. The maximum atomic E-state index is 5.81. The predicted molar refractivity (Wildman–Crippen MR) is 86.8 cm³/mol. The Morgan fingerprint density at radius 3 is 2.33 bits per heavy atom. The topological polar surface area (TPSA) is 34.1 Å². The van der Waals surface area contributed by atoms with E-state index in [9.17, 15) is 0 Å². The Bertz CT molecular complexity index is 534. The van der Waals surface area contributed by atoms with Crippen LogP contribution in [0.4, 0.5) is 0 Å². The summed E-state index contributed by atoms with van der Waals surface area (Å²) >= 11 is 0. The zero-order valence-corrected chi connectivity index (χ0v) is 13.1. The number of nitrogens with zero attached hydrogens (tertiary/aromatic N) is 1. The van der Waals surface area contributed by atoms with Crippen molar-refractivity contribution in [2.45, 2.75) is 39.7 Å².